The minimum Gasteiger partial charge on any atom is -0.267 e. The molecule has 2 saturated carbocycles. The highest BCUT2D eigenvalue weighted by atomic mass is 16.2. The van der Waals surface area contributed by atoms with Crippen molar-refractivity contribution in [2.24, 2.45) is 16.8 Å². The Hall–Kier alpha value is -1.21. The summed E-state index contributed by atoms with van der Waals surface area (Å²) in [7, 11) is 0. The topological polar surface area (TPSA) is 46.5 Å². The van der Waals surface area contributed by atoms with Gasteiger partial charge in [-0.25, -0.2) is 4.79 Å². The van der Waals surface area contributed by atoms with Crippen LogP contribution in [0.4, 0.5) is 0 Å². The molecule has 0 spiro atoms. The Morgan fingerprint density at radius 3 is 1.79 bits per heavy atom. The third-order valence-electron chi connectivity index (χ3n) is 4.60. The standard InChI is InChI=1S/C16H23NO2/c18-12-17-16(19)11-15(13-7-3-1-4-8-13)14-9-5-2-6-10-14/h11,13-14H,1-10H2. The lowest BCUT2D eigenvalue weighted by Crippen LogP contribution is -2.19. The van der Waals surface area contributed by atoms with Gasteiger partial charge in [-0.2, -0.15) is 0 Å². The van der Waals surface area contributed by atoms with Crippen molar-refractivity contribution in [3.05, 3.63) is 11.6 Å². The maximum atomic E-state index is 11.6. The van der Waals surface area contributed by atoms with Crippen LogP contribution in [-0.4, -0.2) is 12.0 Å². The van der Waals surface area contributed by atoms with Crippen LogP contribution in [0.5, 0.6) is 0 Å². The summed E-state index contributed by atoms with van der Waals surface area (Å²) in [6.07, 6.45) is 15.5. The van der Waals surface area contributed by atoms with Crippen molar-refractivity contribution in [3.63, 3.8) is 0 Å². The first-order chi connectivity index (χ1) is 9.31. The Bertz CT molecular complexity index is 362. The molecule has 104 valence electrons. The molecule has 0 heterocycles. The van der Waals surface area contributed by atoms with Gasteiger partial charge in [-0.3, -0.25) is 4.79 Å². The molecule has 2 aliphatic rings. The van der Waals surface area contributed by atoms with E-state index >= 15 is 0 Å². The van der Waals surface area contributed by atoms with E-state index in [4.69, 9.17) is 0 Å². The summed E-state index contributed by atoms with van der Waals surface area (Å²) in [5, 5.41) is 0. The van der Waals surface area contributed by atoms with Crippen molar-refractivity contribution in [2.45, 2.75) is 64.2 Å². The Kier molecular flexibility index (Phi) is 5.53. The Balaban J connectivity index is 2.15. The second-order valence-electron chi connectivity index (χ2n) is 5.86. The van der Waals surface area contributed by atoms with Crippen LogP contribution in [0, 0.1) is 11.8 Å². The normalized spacial score (nSPS) is 21.5. The molecule has 3 nitrogen and oxygen atoms in total. The number of hydrogen-bond donors (Lipinski definition) is 0. The molecule has 2 rings (SSSR count). The number of hydrogen-bond acceptors (Lipinski definition) is 2. The van der Waals surface area contributed by atoms with E-state index in [0.717, 1.165) is 0 Å². The van der Waals surface area contributed by atoms with E-state index in [1.165, 1.54) is 75.9 Å². The zero-order chi connectivity index (χ0) is 13.5. The molecule has 19 heavy (non-hydrogen) atoms. The zero-order valence-corrected chi connectivity index (χ0v) is 11.6. The highest BCUT2D eigenvalue weighted by molar-refractivity contribution is 5.92. The lowest BCUT2D eigenvalue weighted by atomic mass is 9.73. The largest absolute Gasteiger partial charge is 0.280 e. The number of carbonyl (C=O) groups excluding carboxylic acids is 2. The van der Waals surface area contributed by atoms with Gasteiger partial charge in [0, 0.05) is 6.08 Å². The summed E-state index contributed by atoms with van der Waals surface area (Å²) in [6.45, 7) is 0. The van der Waals surface area contributed by atoms with Crippen molar-refractivity contribution >= 4 is 12.0 Å². The predicted molar refractivity (Wildman–Crippen MR) is 74.4 cm³/mol. The fourth-order valence-electron chi connectivity index (χ4n) is 3.66. The van der Waals surface area contributed by atoms with Crippen molar-refractivity contribution in [2.75, 3.05) is 0 Å². The molecule has 0 saturated heterocycles. The van der Waals surface area contributed by atoms with E-state index in [1.54, 1.807) is 6.08 Å². The molecule has 2 fully saturated rings. The number of rotatable bonds is 3. The number of nitrogens with zero attached hydrogens (tertiary/aromatic N) is 1. The van der Waals surface area contributed by atoms with Crippen molar-refractivity contribution in [1.29, 1.82) is 0 Å². The summed E-state index contributed by atoms with van der Waals surface area (Å²) >= 11 is 0. The summed E-state index contributed by atoms with van der Waals surface area (Å²) < 4.78 is 0. The van der Waals surface area contributed by atoms with Crippen LogP contribution in [0.2, 0.25) is 0 Å². The Morgan fingerprint density at radius 2 is 1.37 bits per heavy atom. The van der Waals surface area contributed by atoms with Gasteiger partial charge >= 0.3 is 0 Å². The number of carbonyl (C=O) groups is 1. The Labute approximate surface area is 115 Å². The van der Waals surface area contributed by atoms with E-state index in [0.29, 0.717) is 11.8 Å². The SMILES string of the molecule is O=C=NC(=O)C=C(C1CCCCC1)C1CCCCC1. The summed E-state index contributed by atoms with van der Waals surface area (Å²) in [5.41, 5.74) is 1.28. The van der Waals surface area contributed by atoms with E-state index < -0.39 is 5.91 Å². The monoisotopic (exact) mass is 261 g/mol. The third kappa shape index (κ3) is 4.14. The molecular formula is C16H23NO2. The van der Waals surface area contributed by atoms with Gasteiger partial charge in [-0.1, -0.05) is 44.1 Å². The van der Waals surface area contributed by atoms with E-state index in [-0.39, 0.29) is 0 Å². The number of isocyanates is 1. The van der Waals surface area contributed by atoms with Crippen LogP contribution < -0.4 is 0 Å². The highest BCUT2D eigenvalue weighted by Gasteiger charge is 2.26. The van der Waals surface area contributed by atoms with E-state index in [2.05, 4.69) is 4.99 Å². The Morgan fingerprint density at radius 1 is 0.895 bits per heavy atom. The average molecular weight is 261 g/mol. The fourth-order valence-corrected chi connectivity index (χ4v) is 3.66. The first-order valence-electron chi connectivity index (χ1n) is 7.64. The van der Waals surface area contributed by atoms with Gasteiger partial charge in [0.25, 0.3) is 5.91 Å². The molecule has 0 aromatic heterocycles. The molecule has 0 aliphatic heterocycles. The van der Waals surface area contributed by atoms with Crippen molar-refractivity contribution in [1.82, 2.24) is 0 Å². The van der Waals surface area contributed by atoms with Crippen LogP contribution in [0.25, 0.3) is 0 Å². The summed E-state index contributed by atoms with van der Waals surface area (Å²) in [5.74, 6) is 0.673. The quantitative estimate of drug-likeness (QED) is 0.439. The molecule has 0 bridgehead atoms. The lowest BCUT2D eigenvalue weighted by molar-refractivity contribution is -0.113. The highest BCUT2D eigenvalue weighted by Crippen LogP contribution is 2.39. The molecule has 2 aliphatic carbocycles. The number of aliphatic imine (C=N–C) groups is 1. The average Bonchev–Trinajstić information content (AvgIpc) is 2.47. The fraction of sp³-hybridized carbons (Fsp3) is 0.750. The lowest BCUT2D eigenvalue weighted by Gasteiger charge is -2.32. The van der Waals surface area contributed by atoms with Gasteiger partial charge in [0.1, 0.15) is 0 Å². The van der Waals surface area contributed by atoms with Gasteiger partial charge in [0.05, 0.1) is 0 Å². The van der Waals surface area contributed by atoms with Crippen molar-refractivity contribution < 1.29 is 9.59 Å². The van der Waals surface area contributed by atoms with Gasteiger partial charge in [0.2, 0.25) is 6.08 Å². The van der Waals surface area contributed by atoms with Crippen LogP contribution in [0.1, 0.15) is 64.2 Å². The minimum atomic E-state index is -0.416. The van der Waals surface area contributed by atoms with Crippen LogP contribution >= 0.6 is 0 Å². The molecule has 0 aromatic rings. The number of amides is 1. The maximum Gasteiger partial charge on any atom is 0.280 e. The molecule has 0 aromatic carbocycles. The second kappa shape index (κ2) is 7.40. The first kappa shape index (κ1) is 14.2. The zero-order valence-electron chi connectivity index (χ0n) is 11.6. The number of allylic oxidation sites excluding steroid dienone is 1. The van der Waals surface area contributed by atoms with Gasteiger partial charge in [-0.05, 0) is 37.5 Å². The van der Waals surface area contributed by atoms with Gasteiger partial charge in [-0.15, -0.1) is 4.99 Å². The van der Waals surface area contributed by atoms with E-state index in [1.807, 2.05) is 0 Å². The molecule has 0 radical (unpaired) electrons. The second-order valence-corrected chi connectivity index (χ2v) is 5.86. The van der Waals surface area contributed by atoms with E-state index in [9.17, 15) is 9.59 Å². The van der Waals surface area contributed by atoms with Gasteiger partial charge < -0.3 is 0 Å². The van der Waals surface area contributed by atoms with Crippen LogP contribution in [0.15, 0.2) is 16.6 Å². The molecule has 3 heteroatoms. The van der Waals surface area contributed by atoms with Crippen LogP contribution in [-0.2, 0) is 9.59 Å². The smallest absolute Gasteiger partial charge is 0.267 e. The van der Waals surface area contributed by atoms with Crippen molar-refractivity contribution in [3.8, 4) is 0 Å². The molecular weight excluding hydrogens is 238 g/mol. The predicted octanol–water partition coefficient (Wildman–Crippen LogP) is 3.94. The summed E-state index contributed by atoms with van der Waals surface area (Å²) in [6, 6.07) is 0. The minimum absolute atomic E-state index is 0.416. The molecule has 0 unspecified atom stereocenters. The summed E-state index contributed by atoms with van der Waals surface area (Å²) in [4.78, 5) is 25.1. The van der Waals surface area contributed by atoms with Crippen LogP contribution in [0.3, 0.4) is 0 Å². The molecule has 0 atom stereocenters. The van der Waals surface area contributed by atoms with Gasteiger partial charge in [0.15, 0.2) is 0 Å². The maximum absolute atomic E-state index is 11.6. The molecule has 0 N–H and O–H groups in total. The molecule has 1 amide bonds. The first-order valence-corrected chi connectivity index (χ1v) is 7.64. The third-order valence-corrected chi connectivity index (χ3v) is 4.60.